The van der Waals surface area contributed by atoms with Gasteiger partial charge in [-0.15, -0.1) is 0 Å². The number of esters is 1. The van der Waals surface area contributed by atoms with E-state index in [2.05, 4.69) is 5.16 Å². The van der Waals surface area contributed by atoms with Crippen molar-refractivity contribution in [3.05, 3.63) is 101 Å². The van der Waals surface area contributed by atoms with Gasteiger partial charge in [0.05, 0.1) is 5.56 Å². The fourth-order valence-electron chi connectivity index (χ4n) is 3.81. The normalized spacial score (nSPS) is 11.9. The van der Waals surface area contributed by atoms with E-state index in [1.54, 1.807) is 6.07 Å². The maximum Gasteiger partial charge on any atom is 0.308 e. The largest absolute Gasteiger partial charge is 1.00 e. The van der Waals surface area contributed by atoms with Crippen molar-refractivity contribution < 1.29 is 45.2 Å². The van der Waals surface area contributed by atoms with Gasteiger partial charge in [0, 0.05) is 35.7 Å². The average Bonchev–Trinajstić information content (AvgIpc) is 3.24. The molecule has 0 fully saturated rings. The summed E-state index contributed by atoms with van der Waals surface area (Å²) in [5.74, 6) is -1.60. The number of nitrogens with zero attached hydrogens (tertiary/aromatic N) is 2. The van der Waals surface area contributed by atoms with Crippen LogP contribution in [-0.2, 0) is 11.3 Å². The summed E-state index contributed by atoms with van der Waals surface area (Å²) in [7, 11) is 0. The van der Waals surface area contributed by atoms with E-state index in [-0.39, 0.29) is 50.9 Å². The Balaban J connectivity index is 0.00000259. The van der Waals surface area contributed by atoms with Gasteiger partial charge in [0.1, 0.15) is 17.0 Å². The molecule has 0 saturated heterocycles. The summed E-state index contributed by atoms with van der Waals surface area (Å²) in [5, 5.41) is 4.02. The predicted molar refractivity (Wildman–Crippen MR) is 112 cm³/mol. The number of carbonyl (C=O) groups is 3. The lowest BCUT2D eigenvalue weighted by Gasteiger charge is -2.16. The first-order valence-corrected chi connectivity index (χ1v) is 9.97. The van der Waals surface area contributed by atoms with Gasteiger partial charge in [-0.2, -0.15) is 0 Å². The number of hydrogen-bond donors (Lipinski definition) is 0. The highest BCUT2D eigenvalue weighted by Crippen LogP contribution is 2.37. The molecule has 33 heavy (non-hydrogen) atoms. The molecule has 0 saturated carbocycles. The van der Waals surface area contributed by atoms with Crippen LogP contribution in [0.4, 0.5) is 0 Å². The molecule has 8 heteroatoms. The van der Waals surface area contributed by atoms with Crippen molar-refractivity contribution in [1.29, 1.82) is 0 Å². The van der Waals surface area contributed by atoms with Crippen LogP contribution in [0.1, 0.15) is 44.5 Å². The molecule has 164 valence electrons. The van der Waals surface area contributed by atoms with E-state index < -0.39 is 17.5 Å². The fraction of sp³-hybridized carbons (Fsp3) is 0.0800. The van der Waals surface area contributed by atoms with Crippen molar-refractivity contribution in [3.8, 4) is 17.0 Å². The van der Waals surface area contributed by atoms with Gasteiger partial charge in [-0.25, -0.2) is 4.57 Å². The lowest BCUT2D eigenvalue weighted by molar-refractivity contribution is -0.688. The minimum Gasteiger partial charge on any atom is -1.00 e. The molecule has 0 aliphatic heterocycles. The highest BCUT2D eigenvalue weighted by atomic mass is 79.9. The monoisotopic (exact) mass is 504 g/mol. The number of carbonyl (C=O) groups excluding carboxylic acids is 3. The van der Waals surface area contributed by atoms with Crippen molar-refractivity contribution >= 4 is 17.5 Å². The molecular formula is C25H17BrN2O5. The molecule has 0 unspecified atom stereocenters. The number of halogens is 1. The maximum atomic E-state index is 13.4. The summed E-state index contributed by atoms with van der Waals surface area (Å²) in [4.78, 5) is 37.8. The van der Waals surface area contributed by atoms with E-state index in [4.69, 9.17) is 9.26 Å². The first-order valence-electron chi connectivity index (χ1n) is 9.97. The van der Waals surface area contributed by atoms with E-state index in [0.29, 0.717) is 12.1 Å². The lowest BCUT2D eigenvalue weighted by atomic mass is 9.86. The van der Waals surface area contributed by atoms with Gasteiger partial charge < -0.3 is 26.2 Å². The number of hydrogen-bond acceptors (Lipinski definition) is 6. The van der Waals surface area contributed by atoms with E-state index in [1.807, 2.05) is 59.4 Å². The summed E-state index contributed by atoms with van der Waals surface area (Å²) in [6.07, 6.45) is 3.74. The summed E-state index contributed by atoms with van der Waals surface area (Å²) in [6.45, 7) is 1.92. The molecule has 0 amide bonds. The van der Waals surface area contributed by atoms with Gasteiger partial charge in [-0.3, -0.25) is 14.4 Å². The molecular weight excluding hydrogens is 488 g/mol. The predicted octanol–water partition coefficient (Wildman–Crippen LogP) is 0.382. The van der Waals surface area contributed by atoms with Gasteiger partial charge in [0.25, 0.3) is 0 Å². The molecule has 0 spiro atoms. The molecule has 7 nitrogen and oxygen atoms in total. The molecule has 1 aliphatic carbocycles. The first-order chi connectivity index (χ1) is 15.5. The zero-order valence-electron chi connectivity index (χ0n) is 17.4. The number of fused-ring (bicyclic) bond motifs is 2. The third kappa shape index (κ3) is 4.01. The molecule has 2 heterocycles. The van der Waals surface area contributed by atoms with Crippen molar-refractivity contribution in [2.75, 3.05) is 0 Å². The van der Waals surface area contributed by atoms with Gasteiger partial charge in [0.2, 0.25) is 17.3 Å². The third-order valence-corrected chi connectivity index (χ3v) is 5.25. The minimum absolute atomic E-state index is 0. The molecule has 2 aromatic carbocycles. The summed E-state index contributed by atoms with van der Waals surface area (Å²) < 4.78 is 12.5. The van der Waals surface area contributed by atoms with Crippen molar-refractivity contribution in [2.45, 2.75) is 13.5 Å². The van der Waals surface area contributed by atoms with Gasteiger partial charge in [0.15, 0.2) is 18.9 Å². The summed E-state index contributed by atoms with van der Waals surface area (Å²) >= 11 is 0. The second kappa shape index (κ2) is 8.91. The van der Waals surface area contributed by atoms with Crippen LogP contribution >= 0.6 is 0 Å². The quantitative estimate of drug-likeness (QED) is 0.200. The number of benzene rings is 2. The third-order valence-electron chi connectivity index (χ3n) is 5.25. The van der Waals surface area contributed by atoms with Crippen molar-refractivity contribution in [3.63, 3.8) is 0 Å². The average molecular weight is 505 g/mol. The van der Waals surface area contributed by atoms with E-state index in [9.17, 15) is 14.4 Å². The SMILES string of the molecule is CC(=O)Oc1cccc2c1C(=O)c1c(-c3cc[n+](Cc4ccccc4)cc3)noc1C2=O.[Br-]. The number of ether oxygens (including phenoxy) is 1. The van der Waals surface area contributed by atoms with Crippen molar-refractivity contribution in [1.82, 2.24) is 5.16 Å². The molecule has 0 radical (unpaired) electrons. The lowest BCUT2D eigenvalue weighted by Crippen LogP contribution is -3.00. The van der Waals surface area contributed by atoms with Gasteiger partial charge in [-0.1, -0.05) is 41.6 Å². The van der Waals surface area contributed by atoms with Crippen LogP contribution in [0.25, 0.3) is 11.3 Å². The second-order valence-electron chi connectivity index (χ2n) is 7.41. The number of ketones is 2. The van der Waals surface area contributed by atoms with E-state index >= 15 is 0 Å². The van der Waals surface area contributed by atoms with Crippen LogP contribution in [0.15, 0.2) is 77.6 Å². The fourth-order valence-corrected chi connectivity index (χ4v) is 3.81. The summed E-state index contributed by atoms with van der Waals surface area (Å²) in [5.41, 5.74) is 2.29. The van der Waals surface area contributed by atoms with Gasteiger partial charge in [-0.05, 0) is 12.1 Å². The summed E-state index contributed by atoms with van der Waals surface area (Å²) in [6, 6.07) is 18.2. The number of aromatic nitrogens is 2. The topological polar surface area (TPSA) is 90.3 Å². The Bertz CT molecular complexity index is 1380. The highest BCUT2D eigenvalue weighted by Gasteiger charge is 2.39. The number of pyridine rings is 1. The Morgan fingerprint density at radius 3 is 2.36 bits per heavy atom. The second-order valence-corrected chi connectivity index (χ2v) is 7.41. The van der Waals surface area contributed by atoms with Crippen LogP contribution in [0.2, 0.25) is 0 Å². The zero-order chi connectivity index (χ0) is 22.2. The molecule has 0 atom stereocenters. The Hall–Kier alpha value is -3.91. The smallest absolute Gasteiger partial charge is 0.308 e. The van der Waals surface area contributed by atoms with Crippen LogP contribution in [-0.4, -0.2) is 22.7 Å². The molecule has 0 N–H and O–H groups in total. The molecule has 1 aliphatic rings. The first kappa shape index (κ1) is 22.3. The van der Waals surface area contributed by atoms with Crippen LogP contribution < -0.4 is 26.3 Å². The number of rotatable bonds is 4. The van der Waals surface area contributed by atoms with Crippen LogP contribution in [0.3, 0.4) is 0 Å². The minimum atomic E-state index is -0.582. The maximum absolute atomic E-state index is 13.4. The molecule has 0 bridgehead atoms. The Labute approximate surface area is 199 Å². The van der Waals surface area contributed by atoms with Crippen LogP contribution in [0.5, 0.6) is 5.75 Å². The zero-order valence-corrected chi connectivity index (χ0v) is 19.0. The van der Waals surface area contributed by atoms with E-state index in [0.717, 1.165) is 5.56 Å². The standard InChI is InChI=1S/C25H17N2O5.BrH/c1-15(28)31-19-9-5-8-18-20(19)24(30)21-22(26-32-25(21)23(18)29)17-10-12-27(13-11-17)14-16-6-3-2-4-7-16;/h2-13H,14H2,1H3;1H/q+1;/p-1. The van der Waals surface area contributed by atoms with Gasteiger partial charge >= 0.3 is 5.97 Å². The van der Waals surface area contributed by atoms with Crippen molar-refractivity contribution in [2.24, 2.45) is 0 Å². The Kier molecular flexibility index (Phi) is 6.02. The van der Waals surface area contributed by atoms with E-state index in [1.165, 1.54) is 19.1 Å². The Morgan fingerprint density at radius 1 is 0.939 bits per heavy atom. The highest BCUT2D eigenvalue weighted by molar-refractivity contribution is 6.30. The molecule has 4 aromatic rings. The van der Waals surface area contributed by atoms with Crippen LogP contribution in [0, 0.1) is 0 Å². The molecule has 5 rings (SSSR count). The Morgan fingerprint density at radius 2 is 1.67 bits per heavy atom. The molecule has 2 aromatic heterocycles.